The van der Waals surface area contributed by atoms with Gasteiger partial charge in [0.15, 0.2) is 0 Å². The van der Waals surface area contributed by atoms with E-state index in [4.69, 9.17) is 25.5 Å². The molecule has 29 heavy (non-hydrogen) atoms. The Morgan fingerprint density at radius 1 is 1.14 bits per heavy atom. The van der Waals surface area contributed by atoms with Gasteiger partial charge in [-0.2, -0.15) is 0 Å². The molecule has 1 heterocycles. The normalized spacial score (nSPS) is 10.9. The molecule has 0 amide bonds. The van der Waals surface area contributed by atoms with Crippen LogP contribution in [0.2, 0.25) is 5.02 Å². The maximum Gasteiger partial charge on any atom is 0.336 e. The molecule has 1 aromatic heterocycles. The predicted molar refractivity (Wildman–Crippen MR) is 113 cm³/mol. The minimum absolute atomic E-state index is 0.240. The number of fused-ring (bicyclic) bond motifs is 1. The molecule has 0 aliphatic heterocycles. The maximum atomic E-state index is 11.9. The summed E-state index contributed by atoms with van der Waals surface area (Å²) in [4.78, 5) is 23.7. The molecule has 0 unspecified atom stereocenters. The van der Waals surface area contributed by atoms with Crippen LogP contribution in [0, 0.1) is 6.92 Å². The monoisotopic (exact) mass is 414 g/mol. The molecule has 0 bridgehead atoms. The number of carbonyl (C=O) groups is 1. The second kappa shape index (κ2) is 9.61. The van der Waals surface area contributed by atoms with Gasteiger partial charge in [-0.25, -0.2) is 4.79 Å². The standard InChI is InChI=1S/C23H23ClO5/c1-3-10-27-22(25)9-8-16-12-18-15(2)11-23(26)29-21(18)13-20(16)28-14-17-6-4-5-7-19(17)24/h4-7,11-13H,3,8-10,14H2,1-2H3. The zero-order valence-electron chi connectivity index (χ0n) is 16.5. The second-order valence-corrected chi connectivity index (χ2v) is 7.21. The summed E-state index contributed by atoms with van der Waals surface area (Å²) in [5.74, 6) is 0.301. The molecule has 0 saturated heterocycles. The SMILES string of the molecule is CCCOC(=O)CCc1cc2c(C)cc(=O)oc2cc1OCc1ccccc1Cl. The molecule has 0 N–H and O–H groups in total. The Morgan fingerprint density at radius 3 is 2.69 bits per heavy atom. The first-order valence-electron chi connectivity index (χ1n) is 9.57. The van der Waals surface area contributed by atoms with Gasteiger partial charge in [-0.05, 0) is 43.0 Å². The Balaban J connectivity index is 1.90. The first kappa shape index (κ1) is 20.9. The molecule has 0 fully saturated rings. The van der Waals surface area contributed by atoms with E-state index in [-0.39, 0.29) is 19.0 Å². The first-order chi connectivity index (χ1) is 14.0. The Labute approximate surface area is 174 Å². The molecule has 3 aromatic rings. The zero-order valence-corrected chi connectivity index (χ0v) is 17.3. The van der Waals surface area contributed by atoms with Gasteiger partial charge in [-0.1, -0.05) is 36.7 Å². The van der Waals surface area contributed by atoms with Gasteiger partial charge in [0.25, 0.3) is 0 Å². The summed E-state index contributed by atoms with van der Waals surface area (Å²) in [5, 5.41) is 1.42. The maximum absolute atomic E-state index is 11.9. The lowest BCUT2D eigenvalue weighted by molar-refractivity contribution is -0.143. The van der Waals surface area contributed by atoms with Gasteiger partial charge in [0.05, 0.1) is 6.61 Å². The van der Waals surface area contributed by atoms with Crippen LogP contribution < -0.4 is 10.4 Å². The van der Waals surface area contributed by atoms with Crippen molar-refractivity contribution in [3.05, 3.63) is 74.6 Å². The number of benzene rings is 2. The molecule has 0 atom stereocenters. The minimum atomic E-state index is -0.414. The van der Waals surface area contributed by atoms with Crippen LogP contribution in [0.15, 0.2) is 51.7 Å². The number of halogens is 1. The van der Waals surface area contributed by atoms with Crippen LogP contribution in [0.5, 0.6) is 5.75 Å². The van der Waals surface area contributed by atoms with Crippen molar-refractivity contribution >= 4 is 28.5 Å². The van der Waals surface area contributed by atoms with E-state index in [1.165, 1.54) is 6.07 Å². The van der Waals surface area contributed by atoms with Crippen molar-refractivity contribution in [1.82, 2.24) is 0 Å². The molecule has 0 saturated carbocycles. The van der Waals surface area contributed by atoms with Gasteiger partial charge >= 0.3 is 11.6 Å². The van der Waals surface area contributed by atoms with Crippen molar-refractivity contribution in [2.24, 2.45) is 0 Å². The summed E-state index contributed by atoms with van der Waals surface area (Å²) in [6, 6.07) is 12.5. The van der Waals surface area contributed by atoms with E-state index < -0.39 is 5.63 Å². The highest BCUT2D eigenvalue weighted by molar-refractivity contribution is 6.31. The molecular formula is C23H23ClO5. The number of carbonyl (C=O) groups excluding carboxylic acids is 1. The fourth-order valence-corrected chi connectivity index (χ4v) is 3.21. The number of aryl methyl sites for hydroxylation is 2. The van der Waals surface area contributed by atoms with Crippen LogP contribution in [0.4, 0.5) is 0 Å². The van der Waals surface area contributed by atoms with Gasteiger partial charge in [0.1, 0.15) is 17.9 Å². The number of hydrogen-bond donors (Lipinski definition) is 0. The third-order valence-corrected chi connectivity index (χ3v) is 4.91. The lowest BCUT2D eigenvalue weighted by atomic mass is 10.0. The van der Waals surface area contributed by atoms with Crippen molar-refractivity contribution in [2.75, 3.05) is 6.61 Å². The molecule has 0 aliphatic carbocycles. The third kappa shape index (κ3) is 5.39. The first-order valence-corrected chi connectivity index (χ1v) is 9.95. The van der Waals surface area contributed by atoms with E-state index in [1.807, 2.05) is 38.1 Å². The summed E-state index contributed by atoms with van der Waals surface area (Å²) in [6.45, 7) is 4.47. The fraction of sp³-hybridized carbons (Fsp3) is 0.304. The summed E-state index contributed by atoms with van der Waals surface area (Å²) < 4.78 is 16.5. The lowest BCUT2D eigenvalue weighted by Crippen LogP contribution is -2.08. The van der Waals surface area contributed by atoms with Crippen molar-refractivity contribution in [1.29, 1.82) is 0 Å². The molecule has 6 heteroatoms. The predicted octanol–water partition coefficient (Wildman–Crippen LogP) is 5.22. The summed E-state index contributed by atoms with van der Waals surface area (Å²) in [6.07, 6.45) is 1.48. The van der Waals surface area contributed by atoms with E-state index >= 15 is 0 Å². The van der Waals surface area contributed by atoms with Gasteiger partial charge < -0.3 is 13.9 Å². The second-order valence-electron chi connectivity index (χ2n) is 6.81. The number of esters is 1. The zero-order chi connectivity index (χ0) is 20.8. The summed E-state index contributed by atoms with van der Waals surface area (Å²) in [7, 11) is 0. The molecule has 0 aliphatic rings. The van der Waals surface area contributed by atoms with Crippen molar-refractivity contribution < 1.29 is 18.7 Å². The molecule has 2 aromatic carbocycles. The van der Waals surface area contributed by atoms with E-state index in [0.717, 1.165) is 28.5 Å². The Hall–Kier alpha value is -2.79. The summed E-state index contributed by atoms with van der Waals surface area (Å²) in [5.41, 5.74) is 2.52. The van der Waals surface area contributed by atoms with E-state index in [0.29, 0.717) is 29.4 Å². The van der Waals surface area contributed by atoms with Crippen molar-refractivity contribution in [3.8, 4) is 5.75 Å². The van der Waals surface area contributed by atoms with Crippen LogP contribution in [0.25, 0.3) is 11.0 Å². The number of hydrogen-bond acceptors (Lipinski definition) is 5. The number of ether oxygens (including phenoxy) is 2. The molecule has 3 rings (SSSR count). The third-order valence-electron chi connectivity index (χ3n) is 4.54. The van der Waals surface area contributed by atoms with Gasteiger partial charge in [0, 0.05) is 34.5 Å². The smallest absolute Gasteiger partial charge is 0.336 e. The van der Waals surface area contributed by atoms with E-state index in [2.05, 4.69) is 0 Å². The van der Waals surface area contributed by atoms with Crippen molar-refractivity contribution in [2.45, 2.75) is 39.7 Å². The van der Waals surface area contributed by atoms with Crippen LogP contribution in [0.3, 0.4) is 0 Å². The van der Waals surface area contributed by atoms with E-state index in [9.17, 15) is 9.59 Å². The Bertz CT molecular complexity index is 1070. The molecule has 152 valence electrons. The van der Waals surface area contributed by atoms with Crippen LogP contribution in [-0.4, -0.2) is 12.6 Å². The van der Waals surface area contributed by atoms with Crippen LogP contribution in [-0.2, 0) is 22.6 Å². The quantitative estimate of drug-likeness (QED) is 0.373. The minimum Gasteiger partial charge on any atom is -0.488 e. The number of rotatable bonds is 8. The molecule has 0 spiro atoms. The average Bonchev–Trinajstić information content (AvgIpc) is 2.70. The topological polar surface area (TPSA) is 65.7 Å². The molecule has 0 radical (unpaired) electrons. The average molecular weight is 415 g/mol. The fourth-order valence-electron chi connectivity index (χ4n) is 3.02. The lowest BCUT2D eigenvalue weighted by Gasteiger charge is -2.14. The van der Waals surface area contributed by atoms with Crippen LogP contribution in [0.1, 0.15) is 36.5 Å². The molecular weight excluding hydrogens is 392 g/mol. The largest absolute Gasteiger partial charge is 0.488 e. The van der Waals surface area contributed by atoms with Gasteiger partial charge in [-0.15, -0.1) is 0 Å². The van der Waals surface area contributed by atoms with Crippen LogP contribution >= 0.6 is 11.6 Å². The Morgan fingerprint density at radius 2 is 1.93 bits per heavy atom. The summed E-state index contributed by atoms with van der Waals surface area (Å²) >= 11 is 6.22. The highest BCUT2D eigenvalue weighted by Gasteiger charge is 2.13. The highest BCUT2D eigenvalue weighted by Crippen LogP contribution is 2.29. The van der Waals surface area contributed by atoms with Gasteiger partial charge in [-0.3, -0.25) is 4.79 Å². The van der Waals surface area contributed by atoms with Gasteiger partial charge in [0.2, 0.25) is 0 Å². The molecule has 5 nitrogen and oxygen atoms in total. The Kier molecular flexibility index (Phi) is 6.94. The highest BCUT2D eigenvalue weighted by atomic mass is 35.5. The van der Waals surface area contributed by atoms with Crippen molar-refractivity contribution in [3.63, 3.8) is 0 Å². The van der Waals surface area contributed by atoms with E-state index in [1.54, 1.807) is 12.1 Å².